The molecule has 0 aliphatic carbocycles. The van der Waals surface area contributed by atoms with E-state index in [-0.39, 0.29) is 0 Å². The van der Waals surface area contributed by atoms with Crippen molar-refractivity contribution in [2.45, 2.75) is 25.4 Å². The smallest absolute Gasteiger partial charge is 0.119 e. The van der Waals surface area contributed by atoms with Crippen LogP contribution in [-0.4, -0.2) is 38.2 Å². The average Bonchev–Trinajstić information content (AvgIpc) is 2.84. The van der Waals surface area contributed by atoms with Crippen LogP contribution >= 0.6 is 15.9 Å². The molecule has 1 fully saturated rings. The first kappa shape index (κ1) is 13.8. The number of ether oxygens (including phenoxy) is 1. The largest absolute Gasteiger partial charge is 0.497 e. The first-order valence-electron chi connectivity index (χ1n) is 6.43. The summed E-state index contributed by atoms with van der Waals surface area (Å²) >= 11 is 3.60. The van der Waals surface area contributed by atoms with Gasteiger partial charge in [-0.1, -0.05) is 15.9 Å². The highest BCUT2D eigenvalue weighted by Gasteiger charge is 2.16. The molecule has 1 aliphatic rings. The van der Waals surface area contributed by atoms with Crippen molar-refractivity contribution in [3.63, 3.8) is 0 Å². The summed E-state index contributed by atoms with van der Waals surface area (Å²) < 4.78 is 6.42. The standard InChI is InChI=1S/C14H21BrN2O/c1-17(10-12-4-3-7-16-12)9-11-8-13(18-2)5-6-14(11)15/h5-6,8,12,16H,3-4,7,9-10H2,1-2H3. The minimum absolute atomic E-state index is 0.652. The van der Waals surface area contributed by atoms with E-state index in [0.717, 1.165) is 23.3 Å². The van der Waals surface area contributed by atoms with Gasteiger partial charge >= 0.3 is 0 Å². The van der Waals surface area contributed by atoms with Crippen molar-refractivity contribution < 1.29 is 4.74 Å². The molecule has 0 bridgehead atoms. The third kappa shape index (κ3) is 3.70. The highest BCUT2D eigenvalue weighted by molar-refractivity contribution is 9.10. The van der Waals surface area contributed by atoms with Crippen LogP contribution in [0.15, 0.2) is 22.7 Å². The predicted octanol–water partition coefficient (Wildman–Crippen LogP) is 2.64. The van der Waals surface area contributed by atoms with Crippen LogP contribution in [0.2, 0.25) is 0 Å². The van der Waals surface area contributed by atoms with Crippen LogP contribution in [0.1, 0.15) is 18.4 Å². The van der Waals surface area contributed by atoms with Gasteiger partial charge in [0.25, 0.3) is 0 Å². The fourth-order valence-corrected chi connectivity index (χ4v) is 2.82. The van der Waals surface area contributed by atoms with Crippen molar-refractivity contribution in [3.05, 3.63) is 28.2 Å². The van der Waals surface area contributed by atoms with E-state index in [9.17, 15) is 0 Å². The topological polar surface area (TPSA) is 24.5 Å². The average molecular weight is 313 g/mol. The highest BCUT2D eigenvalue weighted by Crippen LogP contribution is 2.23. The van der Waals surface area contributed by atoms with E-state index in [1.807, 2.05) is 6.07 Å². The maximum absolute atomic E-state index is 5.27. The SMILES string of the molecule is COc1ccc(Br)c(CN(C)CC2CCCN2)c1. The number of hydrogen-bond acceptors (Lipinski definition) is 3. The summed E-state index contributed by atoms with van der Waals surface area (Å²) in [6, 6.07) is 6.78. The fourth-order valence-electron chi connectivity index (χ4n) is 2.44. The van der Waals surface area contributed by atoms with Gasteiger partial charge in [0, 0.05) is 23.6 Å². The Bertz CT molecular complexity index is 391. The Morgan fingerprint density at radius 1 is 1.50 bits per heavy atom. The Balaban J connectivity index is 1.94. The van der Waals surface area contributed by atoms with E-state index in [2.05, 4.69) is 45.3 Å². The van der Waals surface area contributed by atoms with Gasteiger partial charge in [-0.05, 0) is 50.2 Å². The summed E-state index contributed by atoms with van der Waals surface area (Å²) in [5.41, 5.74) is 1.27. The first-order chi connectivity index (χ1) is 8.69. The molecular formula is C14H21BrN2O. The normalized spacial score (nSPS) is 19.4. The molecule has 1 N–H and O–H groups in total. The van der Waals surface area contributed by atoms with Gasteiger partial charge in [0.2, 0.25) is 0 Å². The molecule has 4 heteroatoms. The quantitative estimate of drug-likeness (QED) is 0.904. The molecule has 1 atom stereocenters. The maximum atomic E-state index is 5.27. The summed E-state index contributed by atoms with van der Waals surface area (Å²) in [5.74, 6) is 0.917. The predicted molar refractivity (Wildman–Crippen MR) is 78.1 cm³/mol. The summed E-state index contributed by atoms with van der Waals surface area (Å²) in [6.07, 6.45) is 2.60. The number of methoxy groups -OCH3 is 1. The van der Waals surface area contributed by atoms with E-state index >= 15 is 0 Å². The lowest BCUT2D eigenvalue weighted by atomic mass is 10.1. The molecule has 1 saturated heterocycles. The zero-order valence-electron chi connectivity index (χ0n) is 11.1. The molecule has 3 nitrogen and oxygen atoms in total. The second-order valence-corrected chi connectivity index (χ2v) is 5.80. The van der Waals surface area contributed by atoms with Gasteiger partial charge in [0.05, 0.1) is 7.11 Å². The molecule has 0 spiro atoms. The molecular weight excluding hydrogens is 292 g/mol. The van der Waals surface area contributed by atoms with E-state index in [1.165, 1.54) is 24.9 Å². The zero-order chi connectivity index (χ0) is 13.0. The number of halogens is 1. The molecule has 18 heavy (non-hydrogen) atoms. The highest BCUT2D eigenvalue weighted by atomic mass is 79.9. The lowest BCUT2D eigenvalue weighted by molar-refractivity contribution is 0.292. The van der Waals surface area contributed by atoms with Gasteiger partial charge < -0.3 is 15.0 Å². The van der Waals surface area contributed by atoms with E-state index in [1.54, 1.807) is 7.11 Å². The Labute approximate surface area is 118 Å². The molecule has 1 aromatic carbocycles. The maximum Gasteiger partial charge on any atom is 0.119 e. The van der Waals surface area contributed by atoms with Crippen LogP contribution in [0.4, 0.5) is 0 Å². The Morgan fingerprint density at radius 2 is 2.33 bits per heavy atom. The van der Waals surface area contributed by atoms with E-state index in [4.69, 9.17) is 4.74 Å². The molecule has 0 saturated carbocycles. The third-order valence-corrected chi connectivity index (χ3v) is 4.16. The summed E-state index contributed by atoms with van der Waals surface area (Å²) in [4.78, 5) is 2.36. The van der Waals surface area contributed by atoms with Crippen molar-refractivity contribution in [2.24, 2.45) is 0 Å². The van der Waals surface area contributed by atoms with Gasteiger partial charge in [0.1, 0.15) is 5.75 Å². The second-order valence-electron chi connectivity index (χ2n) is 4.95. The van der Waals surface area contributed by atoms with Crippen molar-refractivity contribution in [1.29, 1.82) is 0 Å². The Morgan fingerprint density at radius 3 is 3.00 bits per heavy atom. The molecule has 0 radical (unpaired) electrons. The number of nitrogens with zero attached hydrogens (tertiary/aromatic N) is 1. The number of likely N-dealkylation sites (N-methyl/N-ethyl adjacent to an activating group) is 1. The lowest BCUT2D eigenvalue weighted by Gasteiger charge is -2.21. The lowest BCUT2D eigenvalue weighted by Crippen LogP contribution is -2.35. The molecule has 1 unspecified atom stereocenters. The summed E-state index contributed by atoms with van der Waals surface area (Å²) in [7, 11) is 3.88. The summed E-state index contributed by atoms with van der Waals surface area (Å²) in [5, 5.41) is 3.53. The zero-order valence-corrected chi connectivity index (χ0v) is 12.7. The molecule has 2 rings (SSSR count). The summed E-state index contributed by atoms with van der Waals surface area (Å²) in [6.45, 7) is 3.21. The number of benzene rings is 1. The number of nitrogens with one attached hydrogen (secondary N) is 1. The number of rotatable bonds is 5. The van der Waals surface area contributed by atoms with Crippen LogP contribution in [0.3, 0.4) is 0 Å². The number of hydrogen-bond donors (Lipinski definition) is 1. The van der Waals surface area contributed by atoms with Crippen molar-refractivity contribution >= 4 is 15.9 Å². The van der Waals surface area contributed by atoms with Crippen LogP contribution in [0.5, 0.6) is 5.75 Å². The van der Waals surface area contributed by atoms with Crippen LogP contribution in [0.25, 0.3) is 0 Å². The van der Waals surface area contributed by atoms with Crippen molar-refractivity contribution in [3.8, 4) is 5.75 Å². The Kier molecular flexibility index (Phi) is 5.03. The van der Waals surface area contributed by atoms with E-state index in [0.29, 0.717) is 6.04 Å². The van der Waals surface area contributed by atoms with Gasteiger partial charge in [-0.2, -0.15) is 0 Å². The fraction of sp³-hybridized carbons (Fsp3) is 0.571. The van der Waals surface area contributed by atoms with Crippen molar-refractivity contribution in [1.82, 2.24) is 10.2 Å². The monoisotopic (exact) mass is 312 g/mol. The van der Waals surface area contributed by atoms with Gasteiger partial charge in [-0.25, -0.2) is 0 Å². The van der Waals surface area contributed by atoms with Gasteiger partial charge in [-0.15, -0.1) is 0 Å². The van der Waals surface area contributed by atoms with Crippen LogP contribution < -0.4 is 10.1 Å². The van der Waals surface area contributed by atoms with E-state index < -0.39 is 0 Å². The molecule has 1 aliphatic heterocycles. The molecule has 0 amide bonds. The molecule has 0 aromatic heterocycles. The third-order valence-electron chi connectivity index (χ3n) is 3.39. The first-order valence-corrected chi connectivity index (χ1v) is 7.22. The molecule has 1 aromatic rings. The minimum Gasteiger partial charge on any atom is -0.497 e. The molecule has 100 valence electrons. The van der Waals surface area contributed by atoms with Crippen LogP contribution in [-0.2, 0) is 6.54 Å². The van der Waals surface area contributed by atoms with Gasteiger partial charge in [-0.3, -0.25) is 0 Å². The molecule has 1 heterocycles. The van der Waals surface area contributed by atoms with Crippen molar-refractivity contribution in [2.75, 3.05) is 27.2 Å². The second kappa shape index (κ2) is 6.55. The van der Waals surface area contributed by atoms with Gasteiger partial charge in [0.15, 0.2) is 0 Å². The minimum atomic E-state index is 0.652. The van der Waals surface area contributed by atoms with Crippen LogP contribution in [0, 0.1) is 0 Å². The Hall–Kier alpha value is -0.580.